The van der Waals surface area contributed by atoms with Gasteiger partial charge in [-0.2, -0.15) is 5.26 Å². The van der Waals surface area contributed by atoms with Crippen LogP contribution in [0.5, 0.6) is 0 Å². The molecule has 4 nitrogen and oxygen atoms in total. The molecule has 0 saturated heterocycles. The average molecular weight is 339 g/mol. The third-order valence-electron chi connectivity index (χ3n) is 4.93. The van der Waals surface area contributed by atoms with E-state index in [2.05, 4.69) is 47.8 Å². The van der Waals surface area contributed by atoms with Gasteiger partial charge in [0.15, 0.2) is 0 Å². The Morgan fingerprint density at radius 1 is 1.08 bits per heavy atom. The van der Waals surface area contributed by atoms with Crippen molar-refractivity contribution in [3.63, 3.8) is 0 Å². The summed E-state index contributed by atoms with van der Waals surface area (Å²) in [6, 6.07) is 18.6. The fourth-order valence-electron chi connectivity index (χ4n) is 3.53. The highest BCUT2D eigenvalue weighted by atomic mass is 15.0. The lowest BCUT2D eigenvalue weighted by Crippen LogP contribution is -2.35. The number of aryl methyl sites for hydroxylation is 2. The summed E-state index contributed by atoms with van der Waals surface area (Å²) in [5.41, 5.74) is 6.08. The zero-order valence-corrected chi connectivity index (χ0v) is 15.1. The molecule has 26 heavy (non-hydrogen) atoms. The second-order valence-electron chi connectivity index (χ2n) is 6.46. The predicted molar refractivity (Wildman–Crippen MR) is 102 cm³/mol. The minimum atomic E-state index is 0.640. The van der Waals surface area contributed by atoms with E-state index < -0.39 is 0 Å². The Bertz CT molecular complexity index is 1180. The normalized spacial score (nSPS) is 10.8. The van der Waals surface area contributed by atoms with Crippen LogP contribution in [0.4, 0.5) is 0 Å². The first-order valence-electron chi connectivity index (χ1n) is 8.53. The number of hydrogen-bond acceptors (Lipinski definition) is 2. The molecular formula is C22H19N4+. The lowest BCUT2D eigenvalue weighted by Gasteiger charge is -2.12. The van der Waals surface area contributed by atoms with Crippen LogP contribution >= 0.6 is 0 Å². The van der Waals surface area contributed by atoms with E-state index in [1.165, 1.54) is 10.9 Å². The number of nitriles is 1. The molecule has 0 spiro atoms. The standard InChI is InChI=1S/C22H19N4/c1-15-19(22-13-18-7-4-5-8-20(18)25(22)3)11-17(14-23)12-21(15)26-10-6-9-24-16(26)2/h4-13H,1-3H3/q+1. The van der Waals surface area contributed by atoms with Gasteiger partial charge in [-0.3, -0.25) is 0 Å². The summed E-state index contributed by atoms with van der Waals surface area (Å²) in [7, 11) is 2.07. The zero-order valence-electron chi connectivity index (χ0n) is 15.1. The molecule has 0 aliphatic rings. The maximum atomic E-state index is 9.57. The molecule has 0 radical (unpaired) electrons. The zero-order chi connectivity index (χ0) is 18.3. The van der Waals surface area contributed by atoms with Gasteiger partial charge in [0, 0.05) is 53.8 Å². The summed E-state index contributed by atoms with van der Waals surface area (Å²) in [4.78, 5) is 4.38. The number of nitrogens with zero attached hydrogens (tertiary/aromatic N) is 4. The topological polar surface area (TPSA) is 45.5 Å². The minimum Gasteiger partial charge on any atom is -0.344 e. The Kier molecular flexibility index (Phi) is 3.78. The second-order valence-corrected chi connectivity index (χ2v) is 6.46. The van der Waals surface area contributed by atoms with Crippen molar-refractivity contribution in [3.8, 4) is 23.0 Å². The Labute approximate surface area is 152 Å². The van der Waals surface area contributed by atoms with Crippen LogP contribution in [0, 0.1) is 25.2 Å². The molecule has 0 amide bonds. The van der Waals surface area contributed by atoms with Crippen molar-refractivity contribution in [2.24, 2.45) is 7.05 Å². The van der Waals surface area contributed by atoms with Gasteiger partial charge in [-0.05, 0) is 25.1 Å². The number of benzene rings is 2. The summed E-state index contributed by atoms with van der Waals surface area (Å²) in [6.07, 6.45) is 3.76. The van der Waals surface area contributed by atoms with E-state index >= 15 is 0 Å². The molecule has 0 atom stereocenters. The lowest BCUT2D eigenvalue weighted by molar-refractivity contribution is -0.606. The van der Waals surface area contributed by atoms with Crippen molar-refractivity contribution >= 4 is 10.9 Å². The Morgan fingerprint density at radius 2 is 1.88 bits per heavy atom. The van der Waals surface area contributed by atoms with Gasteiger partial charge >= 0.3 is 0 Å². The van der Waals surface area contributed by atoms with Crippen molar-refractivity contribution in [1.82, 2.24) is 9.55 Å². The van der Waals surface area contributed by atoms with Crippen LogP contribution in [0.1, 0.15) is 17.0 Å². The predicted octanol–water partition coefficient (Wildman–Crippen LogP) is 4.01. The van der Waals surface area contributed by atoms with Crippen LogP contribution in [-0.2, 0) is 7.05 Å². The van der Waals surface area contributed by atoms with E-state index in [0.29, 0.717) is 5.56 Å². The van der Waals surface area contributed by atoms with Crippen molar-refractivity contribution in [3.05, 3.63) is 77.9 Å². The van der Waals surface area contributed by atoms with Gasteiger partial charge in [-0.1, -0.05) is 23.2 Å². The summed E-state index contributed by atoms with van der Waals surface area (Å²) in [5, 5.41) is 10.8. The highest BCUT2D eigenvalue weighted by molar-refractivity contribution is 5.88. The van der Waals surface area contributed by atoms with Crippen molar-refractivity contribution < 1.29 is 4.57 Å². The van der Waals surface area contributed by atoms with Crippen molar-refractivity contribution in [2.75, 3.05) is 0 Å². The van der Waals surface area contributed by atoms with Crippen LogP contribution in [0.3, 0.4) is 0 Å². The molecule has 2 aromatic carbocycles. The van der Waals surface area contributed by atoms with Crippen LogP contribution in [-0.4, -0.2) is 9.55 Å². The third kappa shape index (κ3) is 2.46. The quantitative estimate of drug-likeness (QED) is 0.518. The Balaban J connectivity index is 2.03. The van der Waals surface area contributed by atoms with Crippen LogP contribution < -0.4 is 4.57 Å². The van der Waals surface area contributed by atoms with Gasteiger partial charge in [0.2, 0.25) is 0 Å². The maximum absolute atomic E-state index is 9.57. The maximum Gasteiger partial charge on any atom is 0.300 e. The molecule has 126 valence electrons. The number of hydrogen-bond donors (Lipinski definition) is 0. The molecule has 2 aromatic heterocycles. The highest BCUT2D eigenvalue weighted by Crippen LogP contribution is 2.32. The Morgan fingerprint density at radius 3 is 2.62 bits per heavy atom. The lowest BCUT2D eigenvalue weighted by atomic mass is 10.00. The molecule has 4 rings (SSSR count). The van der Waals surface area contributed by atoms with Gasteiger partial charge in [-0.25, -0.2) is 4.57 Å². The van der Waals surface area contributed by atoms with E-state index in [1.807, 2.05) is 48.0 Å². The molecule has 0 unspecified atom stereocenters. The summed E-state index contributed by atoms with van der Waals surface area (Å²) in [6.45, 7) is 4.07. The van der Waals surface area contributed by atoms with Crippen molar-refractivity contribution in [1.29, 1.82) is 5.26 Å². The first-order chi connectivity index (χ1) is 12.6. The molecule has 0 bridgehead atoms. The second kappa shape index (κ2) is 6.12. The van der Waals surface area contributed by atoms with Crippen LogP contribution in [0.2, 0.25) is 0 Å². The SMILES string of the molecule is Cc1c(-c2cc3ccccc3n2C)cc(C#N)cc1-[n+]1cccnc1C. The first kappa shape index (κ1) is 16.0. The van der Waals surface area contributed by atoms with E-state index in [1.54, 1.807) is 6.20 Å². The average Bonchev–Trinajstić information content (AvgIpc) is 2.99. The number of rotatable bonds is 2. The molecule has 0 aliphatic carbocycles. The van der Waals surface area contributed by atoms with Crippen LogP contribution in [0.15, 0.2) is 60.9 Å². The summed E-state index contributed by atoms with van der Waals surface area (Å²) < 4.78 is 4.21. The van der Waals surface area contributed by atoms with Gasteiger partial charge in [0.25, 0.3) is 5.82 Å². The van der Waals surface area contributed by atoms with E-state index in [0.717, 1.165) is 28.3 Å². The molecule has 0 aliphatic heterocycles. The van der Waals surface area contributed by atoms with E-state index in [4.69, 9.17) is 0 Å². The molecule has 0 saturated carbocycles. The van der Waals surface area contributed by atoms with Gasteiger partial charge in [0.1, 0.15) is 18.1 Å². The number of para-hydroxylation sites is 1. The van der Waals surface area contributed by atoms with Gasteiger partial charge in [0.05, 0.1) is 11.6 Å². The number of fused-ring (bicyclic) bond motifs is 1. The highest BCUT2D eigenvalue weighted by Gasteiger charge is 2.18. The summed E-state index contributed by atoms with van der Waals surface area (Å²) in [5.74, 6) is 0.883. The third-order valence-corrected chi connectivity index (χ3v) is 4.93. The molecule has 2 heterocycles. The molecule has 0 fully saturated rings. The van der Waals surface area contributed by atoms with E-state index in [9.17, 15) is 5.26 Å². The first-order valence-corrected chi connectivity index (χ1v) is 8.53. The Hall–Kier alpha value is -3.45. The fourth-order valence-corrected chi connectivity index (χ4v) is 3.53. The molecule has 4 aromatic rings. The monoisotopic (exact) mass is 339 g/mol. The van der Waals surface area contributed by atoms with E-state index in [-0.39, 0.29) is 0 Å². The van der Waals surface area contributed by atoms with Crippen molar-refractivity contribution in [2.45, 2.75) is 13.8 Å². The van der Waals surface area contributed by atoms with Gasteiger partial charge < -0.3 is 4.57 Å². The summed E-state index contributed by atoms with van der Waals surface area (Å²) >= 11 is 0. The molecule has 0 N–H and O–H groups in total. The van der Waals surface area contributed by atoms with Gasteiger partial charge in [-0.15, -0.1) is 0 Å². The minimum absolute atomic E-state index is 0.640. The smallest absolute Gasteiger partial charge is 0.300 e. The number of aromatic nitrogens is 3. The fraction of sp³-hybridized carbons (Fsp3) is 0.136. The van der Waals surface area contributed by atoms with Crippen LogP contribution in [0.25, 0.3) is 27.8 Å². The molecule has 4 heteroatoms. The molecular weight excluding hydrogens is 320 g/mol. The largest absolute Gasteiger partial charge is 0.344 e.